The van der Waals surface area contributed by atoms with Gasteiger partial charge in [0.15, 0.2) is 0 Å². The molecule has 0 aliphatic carbocycles. The summed E-state index contributed by atoms with van der Waals surface area (Å²) < 4.78 is 0. The largest absolute Gasteiger partial charge is 0.478 e. The van der Waals surface area contributed by atoms with Crippen LogP contribution in [-0.4, -0.2) is 40.4 Å². The number of carbonyl (C=O) groups is 1. The third-order valence-electron chi connectivity index (χ3n) is 3.71. The van der Waals surface area contributed by atoms with E-state index in [0.29, 0.717) is 5.82 Å². The van der Waals surface area contributed by atoms with Crippen LogP contribution in [0.5, 0.6) is 0 Å². The molecule has 1 atom stereocenters. The molecule has 1 aromatic heterocycles. The fraction of sp³-hybridized carbons (Fsp3) is 0.600. The molecule has 1 unspecified atom stereocenters. The van der Waals surface area contributed by atoms with E-state index in [1.165, 1.54) is 0 Å². The molecule has 0 bridgehead atoms. The normalized spacial score (nSPS) is 19.4. The van der Waals surface area contributed by atoms with Gasteiger partial charge in [0.2, 0.25) is 0 Å². The third kappa shape index (κ3) is 2.93. The summed E-state index contributed by atoms with van der Waals surface area (Å²) in [6.45, 7) is 6.92. The number of carboxylic acid groups (broad SMARTS) is 1. The smallest absolute Gasteiger partial charge is 0.335 e. The summed E-state index contributed by atoms with van der Waals surface area (Å²) >= 11 is 0. The summed E-state index contributed by atoms with van der Waals surface area (Å²) in [5.41, 5.74) is 0.800. The van der Waals surface area contributed by atoms with Gasteiger partial charge in [0.25, 0.3) is 0 Å². The summed E-state index contributed by atoms with van der Waals surface area (Å²) in [5.74, 6) is -0.287. The molecule has 20 heavy (non-hydrogen) atoms. The molecule has 2 rings (SSSR count). The lowest BCUT2D eigenvalue weighted by Crippen LogP contribution is -2.33. The molecule has 0 radical (unpaired) electrons. The van der Waals surface area contributed by atoms with E-state index >= 15 is 0 Å². The van der Waals surface area contributed by atoms with Crippen LogP contribution in [0.1, 0.15) is 49.7 Å². The van der Waals surface area contributed by atoms with E-state index in [2.05, 4.69) is 4.98 Å². The zero-order valence-corrected chi connectivity index (χ0v) is 12.3. The SMILES string of the molecule is CC(C)(C)c1cc(C(=O)O)cc(N2CCCC2CO)n1. The molecule has 0 amide bonds. The molecule has 5 heteroatoms. The van der Waals surface area contributed by atoms with Gasteiger partial charge in [0.05, 0.1) is 18.2 Å². The average Bonchev–Trinajstić information content (AvgIpc) is 2.85. The molecule has 110 valence electrons. The van der Waals surface area contributed by atoms with Crippen LogP contribution in [0.2, 0.25) is 0 Å². The number of nitrogens with zero attached hydrogens (tertiary/aromatic N) is 2. The van der Waals surface area contributed by atoms with Crippen molar-refractivity contribution >= 4 is 11.8 Å². The Balaban J connectivity index is 2.47. The molecule has 0 spiro atoms. The fourth-order valence-electron chi connectivity index (χ4n) is 2.50. The van der Waals surface area contributed by atoms with Crippen molar-refractivity contribution in [3.8, 4) is 0 Å². The Morgan fingerprint density at radius 2 is 2.15 bits per heavy atom. The predicted molar refractivity (Wildman–Crippen MR) is 77.4 cm³/mol. The summed E-state index contributed by atoms with van der Waals surface area (Å²) in [5, 5.41) is 18.7. The molecule has 1 saturated heterocycles. The Morgan fingerprint density at radius 1 is 1.45 bits per heavy atom. The van der Waals surface area contributed by atoms with Gasteiger partial charge in [-0.25, -0.2) is 9.78 Å². The summed E-state index contributed by atoms with van der Waals surface area (Å²) in [4.78, 5) is 17.9. The molecule has 0 aromatic carbocycles. The van der Waals surface area contributed by atoms with Crippen LogP contribution in [0.25, 0.3) is 0 Å². The van der Waals surface area contributed by atoms with Crippen molar-refractivity contribution in [3.63, 3.8) is 0 Å². The highest BCUT2D eigenvalue weighted by molar-refractivity contribution is 5.88. The number of anilines is 1. The minimum absolute atomic E-state index is 0.0411. The highest BCUT2D eigenvalue weighted by Gasteiger charge is 2.27. The number of hydrogen-bond acceptors (Lipinski definition) is 4. The maximum atomic E-state index is 11.3. The first-order valence-corrected chi connectivity index (χ1v) is 6.96. The Morgan fingerprint density at radius 3 is 2.70 bits per heavy atom. The van der Waals surface area contributed by atoms with Gasteiger partial charge in [0.1, 0.15) is 5.82 Å². The Hall–Kier alpha value is -1.62. The number of carboxylic acids is 1. The highest BCUT2D eigenvalue weighted by atomic mass is 16.4. The quantitative estimate of drug-likeness (QED) is 0.885. The van der Waals surface area contributed by atoms with E-state index in [-0.39, 0.29) is 23.6 Å². The van der Waals surface area contributed by atoms with Gasteiger partial charge in [-0.3, -0.25) is 0 Å². The first-order chi connectivity index (χ1) is 9.32. The van der Waals surface area contributed by atoms with Crippen LogP contribution >= 0.6 is 0 Å². The first-order valence-electron chi connectivity index (χ1n) is 6.96. The summed E-state index contributed by atoms with van der Waals surface area (Å²) in [7, 11) is 0. The molecule has 2 N–H and O–H groups in total. The van der Waals surface area contributed by atoms with Crippen LogP contribution < -0.4 is 4.90 Å². The van der Waals surface area contributed by atoms with Crippen molar-refractivity contribution in [3.05, 3.63) is 23.4 Å². The zero-order valence-electron chi connectivity index (χ0n) is 12.3. The molecule has 5 nitrogen and oxygen atoms in total. The van der Waals surface area contributed by atoms with Crippen molar-refractivity contribution in [2.75, 3.05) is 18.1 Å². The summed E-state index contributed by atoms with van der Waals surface area (Å²) in [6, 6.07) is 3.28. The average molecular weight is 278 g/mol. The van der Waals surface area contributed by atoms with Crippen LogP contribution in [0.15, 0.2) is 12.1 Å². The van der Waals surface area contributed by atoms with Gasteiger partial charge in [0, 0.05) is 17.7 Å². The molecule has 2 heterocycles. The second kappa shape index (κ2) is 5.40. The second-order valence-corrected chi connectivity index (χ2v) is 6.33. The number of aromatic carboxylic acids is 1. The first kappa shape index (κ1) is 14.8. The van der Waals surface area contributed by atoms with Gasteiger partial charge in [-0.2, -0.15) is 0 Å². The predicted octanol–water partition coefficient (Wildman–Crippen LogP) is 2.04. The Labute approximate surface area is 119 Å². The number of aliphatic hydroxyl groups excluding tert-OH is 1. The van der Waals surface area contributed by atoms with E-state index in [4.69, 9.17) is 0 Å². The van der Waals surface area contributed by atoms with E-state index < -0.39 is 5.97 Å². The lowest BCUT2D eigenvalue weighted by atomic mass is 9.90. The van der Waals surface area contributed by atoms with E-state index in [1.807, 2.05) is 25.7 Å². The second-order valence-electron chi connectivity index (χ2n) is 6.33. The fourth-order valence-corrected chi connectivity index (χ4v) is 2.50. The van der Waals surface area contributed by atoms with E-state index in [9.17, 15) is 15.0 Å². The number of aliphatic hydroxyl groups is 1. The number of pyridine rings is 1. The maximum absolute atomic E-state index is 11.3. The molecule has 1 fully saturated rings. The lowest BCUT2D eigenvalue weighted by Gasteiger charge is -2.27. The lowest BCUT2D eigenvalue weighted by molar-refractivity contribution is 0.0696. The minimum atomic E-state index is -0.945. The number of rotatable bonds is 3. The minimum Gasteiger partial charge on any atom is -0.478 e. The van der Waals surface area contributed by atoms with Crippen molar-refractivity contribution in [1.82, 2.24) is 4.98 Å². The Kier molecular flexibility index (Phi) is 3.99. The molecule has 0 saturated carbocycles. The number of aromatic nitrogens is 1. The van der Waals surface area contributed by atoms with Crippen LogP contribution in [0.4, 0.5) is 5.82 Å². The summed E-state index contributed by atoms with van der Waals surface area (Å²) in [6.07, 6.45) is 1.91. The van der Waals surface area contributed by atoms with Gasteiger partial charge in [-0.1, -0.05) is 20.8 Å². The van der Waals surface area contributed by atoms with Crippen LogP contribution in [0, 0.1) is 0 Å². The van der Waals surface area contributed by atoms with E-state index in [0.717, 1.165) is 25.1 Å². The van der Waals surface area contributed by atoms with Crippen molar-refractivity contribution < 1.29 is 15.0 Å². The zero-order chi connectivity index (χ0) is 14.9. The van der Waals surface area contributed by atoms with E-state index in [1.54, 1.807) is 12.1 Å². The van der Waals surface area contributed by atoms with Gasteiger partial charge < -0.3 is 15.1 Å². The van der Waals surface area contributed by atoms with Crippen molar-refractivity contribution in [2.24, 2.45) is 0 Å². The standard InChI is InChI=1S/C15H22N2O3/c1-15(2,3)12-7-10(14(19)20)8-13(16-12)17-6-4-5-11(17)9-18/h7-8,11,18H,4-6,9H2,1-3H3,(H,19,20). The molecule has 1 aromatic rings. The van der Waals surface area contributed by atoms with Gasteiger partial charge >= 0.3 is 5.97 Å². The highest BCUT2D eigenvalue weighted by Crippen LogP contribution is 2.28. The maximum Gasteiger partial charge on any atom is 0.335 e. The third-order valence-corrected chi connectivity index (χ3v) is 3.71. The number of hydrogen-bond donors (Lipinski definition) is 2. The monoisotopic (exact) mass is 278 g/mol. The topological polar surface area (TPSA) is 73.7 Å². The van der Waals surface area contributed by atoms with Crippen molar-refractivity contribution in [2.45, 2.75) is 45.1 Å². The molecule has 1 aliphatic heterocycles. The van der Waals surface area contributed by atoms with Crippen LogP contribution in [-0.2, 0) is 5.41 Å². The Bertz CT molecular complexity index is 508. The van der Waals surface area contributed by atoms with Gasteiger partial charge in [-0.05, 0) is 25.0 Å². The van der Waals surface area contributed by atoms with Crippen LogP contribution in [0.3, 0.4) is 0 Å². The molecular weight excluding hydrogens is 256 g/mol. The molecular formula is C15H22N2O3. The molecule has 1 aliphatic rings. The van der Waals surface area contributed by atoms with Gasteiger partial charge in [-0.15, -0.1) is 0 Å². The van der Waals surface area contributed by atoms with Crippen molar-refractivity contribution in [1.29, 1.82) is 0 Å².